The third kappa shape index (κ3) is 5.54. The van der Waals surface area contributed by atoms with Gasteiger partial charge in [0.05, 0.1) is 17.4 Å². The van der Waals surface area contributed by atoms with Gasteiger partial charge in [-0.25, -0.2) is 4.98 Å². The Morgan fingerprint density at radius 1 is 0.941 bits per heavy atom. The number of carbonyl (C=O) groups is 2. The number of halogens is 3. The number of rotatable bonds is 6. The van der Waals surface area contributed by atoms with Gasteiger partial charge in [-0.15, -0.1) is 0 Å². The number of aryl methyl sites for hydroxylation is 1. The van der Waals surface area contributed by atoms with Gasteiger partial charge in [-0.3, -0.25) is 9.59 Å². The number of pyridine rings is 1. The largest absolute Gasteiger partial charge is 0.416 e. The van der Waals surface area contributed by atoms with Crippen molar-refractivity contribution >= 4 is 29.0 Å². The molecule has 176 valence electrons. The lowest BCUT2D eigenvalue weighted by Gasteiger charge is -2.26. The summed E-state index contributed by atoms with van der Waals surface area (Å²) >= 11 is 0. The van der Waals surface area contributed by atoms with E-state index in [1.807, 2.05) is 0 Å². The van der Waals surface area contributed by atoms with E-state index < -0.39 is 23.6 Å². The molecular weight excluding hydrogens is 445 g/mol. The van der Waals surface area contributed by atoms with E-state index in [1.165, 1.54) is 24.6 Å². The number of hydrogen-bond acceptors (Lipinski definition) is 4. The first-order chi connectivity index (χ1) is 16.2. The summed E-state index contributed by atoms with van der Waals surface area (Å²) in [6, 6.07) is 12.9. The number of amides is 2. The van der Waals surface area contributed by atoms with Gasteiger partial charge in [0.1, 0.15) is 5.82 Å². The molecule has 3 N–H and O–H groups in total. The molecule has 3 aromatic rings. The predicted octanol–water partition coefficient (Wildman–Crippen LogP) is 5.88. The number of carbonyl (C=O) groups excluding carboxylic acids is 2. The highest BCUT2D eigenvalue weighted by atomic mass is 19.4. The number of nitrogens with zero attached hydrogens (tertiary/aromatic N) is 1. The van der Waals surface area contributed by atoms with Crippen molar-refractivity contribution in [3.8, 4) is 0 Å². The molecule has 1 aromatic heterocycles. The van der Waals surface area contributed by atoms with E-state index in [4.69, 9.17) is 0 Å². The molecule has 0 spiro atoms. The minimum absolute atomic E-state index is 0.136. The summed E-state index contributed by atoms with van der Waals surface area (Å²) in [6.45, 7) is 1.75. The minimum Gasteiger partial charge on any atom is -0.367 e. The van der Waals surface area contributed by atoms with E-state index >= 15 is 0 Å². The summed E-state index contributed by atoms with van der Waals surface area (Å²) in [5, 5.41) is 8.65. The summed E-state index contributed by atoms with van der Waals surface area (Å²) < 4.78 is 38.8. The van der Waals surface area contributed by atoms with Crippen LogP contribution in [0.1, 0.15) is 51.1 Å². The van der Waals surface area contributed by atoms with Gasteiger partial charge in [0, 0.05) is 22.9 Å². The number of nitrogens with one attached hydrogen (secondary N) is 3. The average molecular weight is 468 g/mol. The lowest BCUT2D eigenvalue weighted by molar-refractivity contribution is -0.137. The molecule has 1 aliphatic rings. The highest BCUT2D eigenvalue weighted by Crippen LogP contribution is 2.30. The highest BCUT2D eigenvalue weighted by Gasteiger charge is 2.31. The maximum absolute atomic E-state index is 12.9. The summed E-state index contributed by atoms with van der Waals surface area (Å²) in [6.07, 6.45) is 0.476. The van der Waals surface area contributed by atoms with Gasteiger partial charge in [-0.2, -0.15) is 13.2 Å². The number of alkyl halides is 3. The van der Waals surface area contributed by atoms with Crippen LogP contribution in [0.15, 0.2) is 60.8 Å². The smallest absolute Gasteiger partial charge is 0.367 e. The third-order valence-electron chi connectivity index (χ3n) is 5.67. The molecule has 1 saturated carbocycles. The Morgan fingerprint density at radius 3 is 2.32 bits per heavy atom. The van der Waals surface area contributed by atoms with Crippen LogP contribution in [-0.4, -0.2) is 22.8 Å². The molecule has 0 bridgehead atoms. The Hall–Kier alpha value is -3.88. The zero-order valence-corrected chi connectivity index (χ0v) is 18.4. The maximum atomic E-state index is 12.9. The van der Waals surface area contributed by atoms with Gasteiger partial charge in [-0.1, -0.05) is 12.1 Å². The fraction of sp³-hybridized carbons (Fsp3) is 0.240. The molecule has 1 aliphatic carbocycles. The monoisotopic (exact) mass is 468 g/mol. The van der Waals surface area contributed by atoms with Crippen LogP contribution >= 0.6 is 0 Å². The normalized spacial score (nSPS) is 13.6. The van der Waals surface area contributed by atoms with Crippen LogP contribution in [0.5, 0.6) is 0 Å². The van der Waals surface area contributed by atoms with E-state index in [1.54, 1.807) is 37.4 Å². The Bertz CT molecular complexity index is 1210. The van der Waals surface area contributed by atoms with E-state index in [2.05, 4.69) is 20.9 Å². The Labute approximate surface area is 194 Å². The van der Waals surface area contributed by atoms with Crippen LogP contribution < -0.4 is 16.0 Å². The lowest BCUT2D eigenvalue weighted by atomic mass is 9.93. The van der Waals surface area contributed by atoms with Gasteiger partial charge < -0.3 is 16.0 Å². The first kappa shape index (κ1) is 23.3. The second-order valence-corrected chi connectivity index (χ2v) is 8.22. The third-order valence-corrected chi connectivity index (χ3v) is 5.67. The second kappa shape index (κ2) is 9.54. The van der Waals surface area contributed by atoms with Gasteiger partial charge >= 0.3 is 6.18 Å². The predicted molar refractivity (Wildman–Crippen MR) is 124 cm³/mol. The molecule has 9 heteroatoms. The summed E-state index contributed by atoms with van der Waals surface area (Å²) in [5.74, 6) is -0.354. The molecule has 0 saturated heterocycles. The van der Waals surface area contributed by atoms with Crippen molar-refractivity contribution in [2.45, 2.75) is 38.4 Å². The molecule has 0 aliphatic heterocycles. The van der Waals surface area contributed by atoms with Crippen molar-refractivity contribution in [3.63, 3.8) is 0 Å². The number of aromatic nitrogens is 1. The minimum atomic E-state index is -4.55. The van der Waals surface area contributed by atoms with Gasteiger partial charge in [0.25, 0.3) is 11.8 Å². The summed E-state index contributed by atoms with van der Waals surface area (Å²) in [5.41, 5.74) is 0.748. The zero-order chi connectivity index (χ0) is 24.3. The van der Waals surface area contributed by atoms with Crippen molar-refractivity contribution in [2.75, 3.05) is 16.0 Å². The van der Waals surface area contributed by atoms with Gasteiger partial charge in [0.2, 0.25) is 0 Å². The van der Waals surface area contributed by atoms with Crippen molar-refractivity contribution < 1.29 is 22.8 Å². The zero-order valence-electron chi connectivity index (χ0n) is 18.4. The molecule has 2 amide bonds. The first-order valence-electron chi connectivity index (χ1n) is 10.8. The molecule has 0 unspecified atom stereocenters. The summed E-state index contributed by atoms with van der Waals surface area (Å²) in [7, 11) is 0. The maximum Gasteiger partial charge on any atom is 0.416 e. The van der Waals surface area contributed by atoms with Crippen molar-refractivity contribution in [1.82, 2.24) is 4.98 Å². The summed E-state index contributed by atoms with van der Waals surface area (Å²) in [4.78, 5) is 29.6. The topological polar surface area (TPSA) is 83.1 Å². The quantitative estimate of drug-likeness (QED) is 0.422. The lowest BCUT2D eigenvalue weighted by Crippen LogP contribution is -2.27. The van der Waals surface area contributed by atoms with Crippen molar-refractivity contribution in [2.24, 2.45) is 0 Å². The number of benzene rings is 2. The highest BCUT2D eigenvalue weighted by molar-refractivity contribution is 6.08. The van der Waals surface area contributed by atoms with Crippen LogP contribution in [0.4, 0.5) is 30.4 Å². The standard InChI is InChI=1S/C25H23F3N4O2/c1-15-8-9-19(31-23(33)16-4-2-5-17(12-16)25(26,27)28)13-21(15)24(34)32-20-10-11-22(29-14-20)30-18-6-3-7-18/h2,4-5,8-14,18H,3,6-7H2,1H3,(H,29,30)(H,31,33)(H,32,34). The van der Waals surface area contributed by atoms with Crippen LogP contribution in [0.2, 0.25) is 0 Å². The van der Waals surface area contributed by atoms with Crippen molar-refractivity contribution in [1.29, 1.82) is 0 Å². The Balaban J connectivity index is 1.44. The molecule has 0 atom stereocenters. The van der Waals surface area contributed by atoms with Gasteiger partial charge in [-0.05, 0) is 74.2 Å². The molecular formula is C25H23F3N4O2. The number of anilines is 3. The van der Waals surface area contributed by atoms with E-state index in [0.29, 0.717) is 22.9 Å². The average Bonchev–Trinajstić information content (AvgIpc) is 2.78. The molecule has 1 heterocycles. The number of hydrogen-bond donors (Lipinski definition) is 3. The Kier molecular flexibility index (Phi) is 6.54. The molecule has 34 heavy (non-hydrogen) atoms. The van der Waals surface area contributed by atoms with E-state index in [0.717, 1.165) is 30.8 Å². The molecule has 4 rings (SSSR count). The van der Waals surface area contributed by atoms with Gasteiger partial charge in [0.15, 0.2) is 0 Å². The van der Waals surface area contributed by atoms with Crippen LogP contribution in [0.25, 0.3) is 0 Å². The van der Waals surface area contributed by atoms with Crippen LogP contribution in [0.3, 0.4) is 0 Å². The van der Waals surface area contributed by atoms with Crippen LogP contribution in [0, 0.1) is 6.92 Å². The SMILES string of the molecule is Cc1ccc(NC(=O)c2cccc(C(F)(F)F)c2)cc1C(=O)Nc1ccc(NC2CCC2)nc1. The second-order valence-electron chi connectivity index (χ2n) is 8.22. The first-order valence-corrected chi connectivity index (χ1v) is 10.8. The fourth-order valence-electron chi connectivity index (χ4n) is 3.50. The molecule has 6 nitrogen and oxygen atoms in total. The fourth-order valence-corrected chi connectivity index (χ4v) is 3.50. The van der Waals surface area contributed by atoms with E-state index in [-0.39, 0.29) is 11.3 Å². The molecule has 0 radical (unpaired) electrons. The van der Waals surface area contributed by atoms with Crippen molar-refractivity contribution in [3.05, 3.63) is 83.0 Å². The molecule has 2 aromatic carbocycles. The molecule has 1 fully saturated rings. The van der Waals surface area contributed by atoms with E-state index in [9.17, 15) is 22.8 Å². The Morgan fingerprint density at radius 2 is 1.68 bits per heavy atom. The van der Waals surface area contributed by atoms with Crippen LogP contribution in [-0.2, 0) is 6.18 Å².